The van der Waals surface area contributed by atoms with E-state index in [-0.39, 0.29) is 16.8 Å². The Kier molecular flexibility index (Phi) is 5.06. The molecule has 2 aromatic carbocycles. The molecular weight excluding hydrogens is 375 g/mol. The van der Waals surface area contributed by atoms with E-state index < -0.39 is 17.3 Å². The van der Waals surface area contributed by atoms with Gasteiger partial charge in [0.15, 0.2) is 5.16 Å². The number of H-pyrrole nitrogens is 1. The molecule has 1 N–H and O–H groups in total. The predicted molar refractivity (Wildman–Crippen MR) is 97.2 cm³/mol. The van der Waals surface area contributed by atoms with Crippen molar-refractivity contribution in [2.45, 2.75) is 11.3 Å². The van der Waals surface area contributed by atoms with Crippen molar-refractivity contribution in [3.05, 3.63) is 70.0 Å². The number of hydrogen-bond acceptors (Lipinski definition) is 4. The third-order valence-corrected chi connectivity index (χ3v) is 4.48. The van der Waals surface area contributed by atoms with Crippen LogP contribution in [0.4, 0.5) is 13.2 Å². The fourth-order valence-electron chi connectivity index (χ4n) is 2.65. The van der Waals surface area contributed by atoms with Crippen LogP contribution < -0.4 is 5.56 Å². The average Bonchev–Trinajstić information content (AvgIpc) is 2.66. The van der Waals surface area contributed by atoms with E-state index in [9.17, 15) is 23.2 Å². The third-order valence-electron chi connectivity index (χ3n) is 3.90. The van der Waals surface area contributed by atoms with E-state index >= 15 is 0 Å². The molecule has 8 heteroatoms. The quantitative estimate of drug-likeness (QED) is 0.522. The molecule has 1 aromatic heterocycles. The zero-order valence-electron chi connectivity index (χ0n) is 14.0. The fraction of sp³-hybridized carbons (Fsp3) is 0.105. The topological polar surface area (TPSA) is 69.5 Å². The lowest BCUT2D eigenvalue weighted by atomic mass is 9.97. The molecule has 0 saturated heterocycles. The van der Waals surface area contributed by atoms with Crippen molar-refractivity contribution in [2.75, 3.05) is 6.26 Å². The van der Waals surface area contributed by atoms with Gasteiger partial charge in [-0.2, -0.15) is 18.4 Å². The fourth-order valence-corrected chi connectivity index (χ4v) is 3.03. The van der Waals surface area contributed by atoms with Crippen LogP contribution in [0.3, 0.4) is 0 Å². The molecule has 27 heavy (non-hydrogen) atoms. The standard InChI is InChI=1S/C19H12F3N3OS/c1-27-18-24-16(14(10-23)17(26)25-18)12-8-6-11(7-9-12)13-4-2-3-5-15(13)19(20,21)22/h2-9H,1H3,(H,24,25,26). The monoisotopic (exact) mass is 387 g/mol. The lowest BCUT2D eigenvalue weighted by Gasteiger charge is -2.13. The first-order valence-electron chi connectivity index (χ1n) is 7.70. The molecule has 0 saturated carbocycles. The molecule has 0 aliphatic carbocycles. The van der Waals surface area contributed by atoms with Crippen LogP contribution in [0.2, 0.25) is 0 Å². The van der Waals surface area contributed by atoms with Gasteiger partial charge in [-0.15, -0.1) is 0 Å². The highest BCUT2D eigenvalue weighted by molar-refractivity contribution is 7.98. The second-order valence-electron chi connectivity index (χ2n) is 5.53. The summed E-state index contributed by atoms with van der Waals surface area (Å²) in [5.74, 6) is 0. The normalized spacial score (nSPS) is 11.2. The van der Waals surface area contributed by atoms with Gasteiger partial charge in [0.1, 0.15) is 11.6 Å². The molecule has 0 fully saturated rings. The van der Waals surface area contributed by atoms with Crippen molar-refractivity contribution in [3.63, 3.8) is 0 Å². The predicted octanol–water partition coefficient (Wildman–Crippen LogP) is 4.72. The van der Waals surface area contributed by atoms with E-state index in [1.165, 1.54) is 42.1 Å². The molecule has 0 aliphatic rings. The molecule has 4 nitrogen and oxygen atoms in total. The SMILES string of the molecule is CSc1nc(-c2ccc(-c3ccccc3C(F)(F)F)cc2)c(C#N)c(=O)[nH]1. The summed E-state index contributed by atoms with van der Waals surface area (Å²) >= 11 is 1.21. The molecule has 0 radical (unpaired) electrons. The molecule has 0 spiro atoms. The lowest BCUT2D eigenvalue weighted by molar-refractivity contribution is -0.137. The van der Waals surface area contributed by atoms with E-state index in [1.54, 1.807) is 18.4 Å². The molecule has 3 aromatic rings. The zero-order valence-corrected chi connectivity index (χ0v) is 14.8. The number of alkyl halides is 3. The molecule has 0 unspecified atom stereocenters. The number of halogens is 3. The average molecular weight is 387 g/mol. The van der Waals surface area contributed by atoms with E-state index in [2.05, 4.69) is 9.97 Å². The van der Waals surface area contributed by atoms with Crippen LogP contribution in [0.5, 0.6) is 0 Å². The van der Waals surface area contributed by atoms with Gasteiger partial charge in [-0.1, -0.05) is 54.2 Å². The number of aromatic amines is 1. The van der Waals surface area contributed by atoms with Crippen LogP contribution in [-0.2, 0) is 6.18 Å². The van der Waals surface area contributed by atoms with Crippen LogP contribution >= 0.6 is 11.8 Å². The third kappa shape index (κ3) is 3.73. The second-order valence-corrected chi connectivity index (χ2v) is 6.33. The van der Waals surface area contributed by atoms with Crippen molar-refractivity contribution in [1.82, 2.24) is 9.97 Å². The highest BCUT2D eigenvalue weighted by Crippen LogP contribution is 2.37. The van der Waals surface area contributed by atoms with Crippen LogP contribution in [0, 0.1) is 11.3 Å². The maximum Gasteiger partial charge on any atom is 0.417 e. The Hall–Kier alpha value is -3.05. The summed E-state index contributed by atoms with van der Waals surface area (Å²) in [4.78, 5) is 18.8. The van der Waals surface area contributed by atoms with Crippen LogP contribution in [0.25, 0.3) is 22.4 Å². The largest absolute Gasteiger partial charge is 0.417 e. The Morgan fingerprint density at radius 3 is 2.30 bits per heavy atom. The maximum absolute atomic E-state index is 13.2. The summed E-state index contributed by atoms with van der Waals surface area (Å²) in [6.45, 7) is 0. The molecular formula is C19H12F3N3OS. The molecule has 0 aliphatic heterocycles. The van der Waals surface area contributed by atoms with E-state index in [0.717, 1.165) is 6.07 Å². The van der Waals surface area contributed by atoms with Gasteiger partial charge >= 0.3 is 6.18 Å². The smallest absolute Gasteiger partial charge is 0.300 e. The number of hydrogen-bond donors (Lipinski definition) is 1. The van der Waals surface area contributed by atoms with Crippen molar-refractivity contribution in [3.8, 4) is 28.5 Å². The van der Waals surface area contributed by atoms with Gasteiger partial charge in [0.25, 0.3) is 5.56 Å². The Labute approximate surface area is 156 Å². The van der Waals surface area contributed by atoms with E-state index in [0.29, 0.717) is 16.3 Å². The first-order chi connectivity index (χ1) is 12.8. The summed E-state index contributed by atoms with van der Waals surface area (Å²) < 4.78 is 39.7. The summed E-state index contributed by atoms with van der Waals surface area (Å²) in [7, 11) is 0. The van der Waals surface area contributed by atoms with Crippen LogP contribution in [0.1, 0.15) is 11.1 Å². The highest BCUT2D eigenvalue weighted by Gasteiger charge is 2.33. The first-order valence-corrected chi connectivity index (χ1v) is 8.93. The number of nitrogens with one attached hydrogen (secondary N) is 1. The molecule has 0 amide bonds. The van der Waals surface area contributed by atoms with Gasteiger partial charge in [0, 0.05) is 5.56 Å². The maximum atomic E-state index is 13.2. The van der Waals surface area contributed by atoms with Gasteiger partial charge in [0.2, 0.25) is 0 Å². The van der Waals surface area contributed by atoms with Gasteiger partial charge in [-0.25, -0.2) is 4.98 Å². The Morgan fingerprint density at radius 2 is 1.70 bits per heavy atom. The molecule has 3 rings (SSSR count). The second kappa shape index (κ2) is 7.29. The zero-order chi connectivity index (χ0) is 19.6. The lowest BCUT2D eigenvalue weighted by Crippen LogP contribution is -2.14. The van der Waals surface area contributed by atoms with Crippen molar-refractivity contribution >= 4 is 11.8 Å². The first kappa shape index (κ1) is 18.7. The van der Waals surface area contributed by atoms with Crippen LogP contribution in [0.15, 0.2) is 58.5 Å². The number of thioether (sulfide) groups is 1. The van der Waals surface area contributed by atoms with Crippen molar-refractivity contribution in [2.24, 2.45) is 0 Å². The highest BCUT2D eigenvalue weighted by atomic mass is 32.2. The van der Waals surface area contributed by atoms with Gasteiger partial charge in [-0.3, -0.25) is 4.79 Å². The number of rotatable bonds is 3. The molecule has 0 atom stereocenters. The minimum Gasteiger partial charge on any atom is -0.300 e. The van der Waals surface area contributed by atoms with E-state index in [4.69, 9.17) is 0 Å². The molecule has 1 heterocycles. The molecule has 136 valence electrons. The number of benzene rings is 2. The number of aromatic nitrogens is 2. The minimum atomic E-state index is -4.47. The Balaban J connectivity index is 2.10. The Bertz CT molecular complexity index is 1080. The summed E-state index contributed by atoms with van der Waals surface area (Å²) in [6, 6.07) is 13.3. The van der Waals surface area contributed by atoms with Gasteiger partial charge < -0.3 is 4.98 Å². The van der Waals surface area contributed by atoms with Crippen molar-refractivity contribution in [1.29, 1.82) is 5.26 Å². The van der Waals surface area contributed by atoms with Crippen molar-refractivity contribution < 1.29 is 13.2 Å². The molecule has 0 bridgehead atoms. The van der Waals surface area contributed by atoms with Gasteiger partial charge in [-0.05, 0) is 23.4 Å². The van der Waals surface area contributed by atoms with Gasteiger partial charge in [0.05, 0.1) is 11.3 Å². The summed E-state index contributed by atoms with van der Waals surface area (Å²) in [5, 5.41) is 9.59. The minimum absolute atomic E-state index is 0.0562. The number of nitrogens with zero attached hydrogens (tertiary/aromatic N) is 2. The van der Waals surface area contributed by atoms with E-state index in [1.807, 2.05) is 6.07 Å². The Morgan fingerprint density at radius 1 is 1.07 bits per heavy atom. The summed E-state index contributed by atoms with van der Waals surface area (Å²) in [6.07, 6.45) is -2.74. The number of nitriles is 1. The summed E-state index contributed by atoms with van der Waals surface area (Å²) in [5.41, 5.74) is -0.327. The van der Waals surface area contributed by atoms with Crippen LogP contribution in [-0.4, -0.2) is 16.2 Å².